The summed E-state index contributed by atoms with van der Waals surface area (Å²) < 4.78 is 17.3. The Morgan fingerprint density at radius 1 is 1.18 bits per heavy atom. The van der Waals surface area contributed by atoms with Crippen molar-refractivity contribution in [3.8, 4) is 23.0 Å². The first kappa shape index (κ1) is 17.5. The number of halogens is 1. The molecule has 9 heteroatoms. The second-order valence-electron chi connectivity index (χ2n) is 6.71. The summed E-state index contributed by atoms with van der Waals surface area (Å²) in [5.41, 5.74) is 0.778. The number of benzene rings is 1. The summed E-state index contributed by atoms with van der Waals surface area (Å²) in [6.45, 7) is 1.49. The number of hydrogen-bond acceptors (Lipinski definition) is 7. The summed E-state index contributed by atoms with van der Waals surface area (Å²) in [6, 6.07) is 9.04. The van der Waals surface area contributed by atoms with Crippen LogP contribution in [0.1, 0.15) is 34.3 Å². The van der Waals surface area contributed by atoms with Crippen LogP contribution < -0.4 is 9.47 Å². The van der Waals surface area contributed by atoms with Crippen molar-refractivity contribution in [3.63, 3.8) is 0 Å². The van der Waals surface area contributed by atoms with Gasteiger partial charge in [-0.3, -0.25) is 4.79 Å². The highest BCUT2D eigenvalue weighted by molar-refractivity contribution is 7.17. The lowest BCUT2D eigenvalue weighted by molar-refractivity contribution is 0.0703. The van der Waals surface area contributed by atoms with Gasteiger partial charge in [-0.2, -0.15) is 0 Å². The van der Waals surface area contributed by atoms with E-state index in [4.69, 9.17) is 25.5 Å². The second kappa shape index (κ2) is 7.10. The summed E-state index contributed by atoms with van der Waals surface area (Å²) in [5, 5.41) is 8.42. The molecule has 0 radical (unpaired) electrons. The Morgan fingerprint density at radius 3 is 2.93 bits per heavy atom. The monoisotopic (exact) mass is 417 g/mol. The van der Waals surface area contributed by atoms with E-state index in [0.29, 0.717) is 45.6 Å². The molecule has 1 unspecified atom stereocenters. The quantitative estimate of drug-likeness (QED) is 0.635. The van der Waals surface area contributed by atoms with Crippen molar-refractivity contribution in [2.24, 2.45) is 0 Å². The van der Waals surface area contributed by atoms with Gasteiger partial charge in [0.15, 0.2) is 11.5 Å². The standard InChI is InChI=1S/C19H16ClN3O4S/c20-16-6-5-15(28-16)19(24)23-7-1-2-12(9-23)18-22-21-17(27-18)11-3-4-13-14(8-11)26-10-25-13/h3-6,8,12H,1-2,7,9-10H2. The SMILES string of the molecule is O=C(c1ccc(Cl)s1)N1CCCC(c2nnc(-c3ccc4c(c3)OCO4)o2)C1. The van der Waals surface area contributed by atoms with Crippen LogP contribution in [0.25, 0.3) is 11.5 Å². The van der Waals surface area contributed by atoms with Crippen LogP contribution >= 0.6 is 22.9 Å². The number of ether oxygens (including phenoxy) is 2. The Bertz CT molecular complexity index is 1030. The predicted octanol–water partition coefficient (Wildman–Crippen LogP) is 4.20. The molecule has 28 heavy (non-hydrogen) atoms. The lowest BCUT2D eigenvalue weighted by atomic mass is 9.98. The highest BCUT2D eigenvalue weighted by atomic mass is 35.5. The summed E-state index contributed by atoms with van der Waals surface area (Å²) in [4.78, 5) is 15.2. The van der Waals surface area contributed by atoms with Gasteiger partial charge >= 0.3 is 0 Å². The first-order chi connectivity index (χ1) is 13.7. The lowest BCUT2D eigenvalue weighted by Crippen LogP contribution is -2.38. The number of likely N-dealkylation sites (tertiary alicyclic amines) is 1. The van der Waals surface area contributed by atoms with Crippen molar-refractivity contribution in [1.82, 2.24) is 15.1 Å². The van der Waals surface area contributed by atoms with E-state index in [2.05, 4.69) is 10.2 Å². The second-order valence-corrected chi connectivity index (χ2v) is 8.42. The number of amides is 1. The molecule has 1 amide bonds. The number of hydrogen-bond donors (Lipinski definition) is 0. The Balaban J connectivity index is 1.33. The molecule has 0 aliphatic carbocycles. The van der Waals surface area contributed by atoms with Crippen molar-refractivity contribution >= 4 is 28.8 Å². The molecule has 2 aliphatic heterocycles. The fourth-order valence-electron chi connectivity index (χ4n) is 3.49. The number of piperidine rings is 1. The molecule has 0 bridgehead atoms. The predicted molar refractivity (Wildman–Crippen MR) is 103 cm³/mol. The van der Waals surface area contributed by atoms with Gasteiger partial charge in [0.1, 0.15) is 0 Å². The molecule has 3 aromatic rings. The van der Waals surface area contributed by atoms with Gasteiger partial charge < -0.3 is 18.8 Å². The van der Waals surface area contributed by atoms with E-state index < -0.39 is 0 Å². The molecule has 2 aliphatic rings. The molecule has 7 nitrogen and oxygen atoms in total. The topological polar surface area (TPSA) is 77.7 Å². The van der Waals surface area contributed by atoms with Crippen LogP contribution in [0.15, 0.2) is 34.7 Å². The van der Waals surface area contributed by atoms with E-state index in [1.165, 1.54) is 11.3 Å². The number of thiophene rings is 1. The van der Waals surface area contributed by atoms with Gasteiger partial charge in [0, 0.05) is 18.7 Å². The maximum absolute atomic E-state index is 12.7. The number of aromatic nitrogens is 2. The number of carbonyl (C=O) groups excluding carboxylic acids is 1. The van der Waals surface area contributed by atoms with Gasteiger partial charge in [0.25, 0.3) is 5.91 Å². The Labute approximate surface area is 169 Å². The number of carbonyl (C=O) groups is 1. The molecule has 0 saturated carbocycles. The molecule has 2 aromatic heterocycles. The van der Waals surface area contributed by atoms with Crippen LogP contribution in [0.5, 0.6) is 11.5 Å². The molecule has 1 fully saturated rings. The average molecular weight is 418 g/mol. The van der Waals surface area contributed by atoms with Gasteiger partial charge in [-0.05, 0) is 43.2 Å². The number of rotatable bonds is 3. The molecule has 0 spiro atoms. The van der Waals surface area contributed by atoms with Crippen molar-refractivity contribution in [1.29, 1.82) is 0 Å². The molecule has 1 aromatic carbocycles. The summed E-state index contributed by atoms with van der Waals surface area (Å²) in [7, 11) is 0. The van der Waals surface area contributed by atoms with Gasteiger partial charge in [0.2, 0.25) is 18.6 Å². The maximum atomic E-state index is 12.7. The average Bonchev–Trinajstić information content (AvgIpc) is 3.47. The zero-order valence-corrected chi connectivity index (χ0v) is 16.3. The van der Waals surface area contributed by atoms with E-state index in [1.54, 1.807) is 12.1 Å². The third-order valence-electron chi connectivity index (χ3n) is 4.90. The van der Waals surface area contributed by atoms with Crippen LogP contribution in [0.4, 0.5) is 0 Å². The van der Waals surface area contributed by atoms with Crippen molar-refractivity contribution in [2.45, 2.75) is 18.8 Å². The van der Waals surface area contributed by atoms with E-state index in [1.807, 2.05) is 23.1 Å². The summed E-state index contributed by atoms with van der Waals surface area (Å²) in [6.07, 6.45) is 1.79. The zero-order chi connectivity index (χ0) is 19.1. The van der Waals surface area contributed by atoms with Crippen LogP contribution in [0.3, 0.4) is 0 Å². The first-order valence-electron chi connectivity index (χ1n) is 8.95. The lowest BCUT2D eigenvalue weighted by Gasteiger charge is -2.30. The highest BCUT2D eigenvalue weighted by Gasteiger charge is 2.30. The van der Waals surface area contributed by atoms with E-state index in [-0.39, 0.29) is 18.6 Å². The maximum Gasteiger partial charge on any atom is 0.263 e. The van der Waals surface area contributed by atoms with Crippen molar-refractivity contribution in [3.05, 3.63) is 45.4 Å². The minimum atomic E-state index is -0.00268. The molecular formula is C19H16ClN3O4S. The summed E-state index contributed by atoms with van der Waals surface area (Å²) >= 11 is 7.26. The van der Waals surface area contributed by atoms with Crippen LogP contribution in [0.2, 0.25) is 4.34 Å². The Kier molecular flexibility index (Phi) is 4.44. The van der Waals surface area contributed by atoms with Crippen LogP contribution in [0, 0.1) is 0 Å². The highest BCUT2D eigenvalue weighted by Crippen LogP contribution is 2.36. The molecule has 144 valence electrons. The van der Waals surface area contributed by atoms with Crippen molar-refractivity contribution in [2.75, 3.05) is 19.9 Å². The molecular weight excluding hydrogens is 402 g/mol. The minimum Gasteiger partial charge on any atom is -0.454 e. The fraction of sp³-hybridized carbons (Fsp3) is 0.316. The van der Waals surface area contributed by atoms with E-state index >= 15 is 0 Å². The van der Waals surface area contributed by atoms with Gasteiger partial charge in [-0.15, -0.1) is 21.5 Å². The minimum absolute atomic E-state index is 0.00268. The Morgan fingerprint density at radius 2 is 2.07 bits per heavy atom. The van der Waals surface area contributed by atoms with E-state index in [9.17, 15) is 4.79 Å². The Hall–Kier alpha value is -2.58. The largest absolute Gasteiger partial charge is 0.454 e. The van der Waals surface area contributed by atoms with Crippen LogP contribution in [-0.2, 0) is 0 Å². The van der Waals surface area contributed by atoms with Gasteiger partial charge in [-0.25, -0.2) is 0 Å². The molecule has 0 N–H and O–H groups in total. The smallest absolute Gasteiger partial charge is 0.263 e. The molecule has 5 rings (SSSR count). The third-order valence-corrected chi connectivity index (χ3v) is 6.12. The summed E-state index contributed by atoms with van der Waals surface area (Å²) in [5.74, 6) is 2.37. The zero-order valence-electron chi connectivity index (χ0n) is 14.8. The first-order valence-corrected chi connectivity index (χ1v) is 10.1. The number of nitrogens with zero attached hydrogens (tertiary/aromatic N) is 3. The van der Waals surface area contributed by atoms with Gasteiger partial charge in [0.05, 0.1) is 15.1 Å². The van der Waals surface area contributed by atoms with E-state index in [0.717, 1.165) is 18.4 Å². The fourth-order valence-corrected chi connectivity index (χ4v) is 4.51. The van der Waals surface area contributed by atoms with Crippen LogP contribution in [-0.4, -0.2) is 40.9 Å². The molecule has 1 saturated heterocycles. The van der Waals surface area contributed by atoms with Gasteiger partial charge in [-0.1, -0.05) is 11.6 Å². The normalized spacial score (nSPS) is 18.5. The number of fused-ring (bicyclic) bond motifs is 1. The molecule has 4 heterocycles. The third kappa shape index (κ3) is 3.22. The van der Waals surface area contributed by atoms with Crippen molar-refractivity contribution < 1.29 is 18.7 Å². The molecule has 1 atom stereocenters.